The van der Waals surface area contributed by atoms with Crippen molar-refractivity contribution in [2.75, 3.05) is 23.3 Å². The van der Waals surface area contributed by atoms with E-state index in [4.69, 9.17) is 0 Å². The molecule has 2 atom stereocenters. The molecule has 1 aromatic carbocycles. The van der Waals surface area contributed by atoms with Crippen LogP contribution in [0.1, 0.15) is 34.1 Å². The van der Waals surface area contributed by atoms with Gasteiger partial charge in [-0.05, 0) is 58.4 Å². The van der Waals surface area contributed by atoms with Crippen molar-refractivity contribution in [3.63, 3.8) is 0 Å². The Labute approximate surface area is 138 Å². The number of carbonyl (C=O) groups excluding carboxylic acids is 2. The minimum absolute atomic E-state index is 0.0166. The zero-order valence-electron chi connectivity index (χ0n) is 14.4. The third-order valence-corrected chi connectivity index (χ3v) is 4.16. The van der Waals surface area contributed by atoms with Crippen molar-refractivity contribution >= 4 is 23.2 Å². The molecule has 0 bridgehead atoms. The standard InChI is InChI=1S/C18H27N3O2/c1-5-21(6-2)14-9-7-13(8-10-14)20-18(23)16-11-15(16)17(22)19-12(3)4/h7-10,12,15-16H,5-6,11H2,1-4H3,(H,19,22)(H,20,23). The lowest BCUT2D eigenvalue weighted by molar-refractivity contribution is -0.125. The molecule has 1 fully saturated rings. The summed E-state index contributed by atoms with van der Waals surface area (Å²) in [5.74, 6) is -0.454. The monoisotopic (exact) mass is 317 g/mol. The lowest BCUT2D eigenvalue weighted by Crippen LogP contribution is -2.32. The van der Waals surface area contributed by atoms with Crippen LogP contribution in [0.2, 0.25) is 0 Å². The van der Waals surface area contributed by atoms with E-state index in [9.17, 15) is 9.59 Å². The van der Waals surface area contributed by atoms with Gasteiger partial charge in [-0.25, -0.2) is 0 Å². The third kappa shape index (κ3) is 4.47. The Bertz CT molecular complexity index is 550. The average molecular weight is 317 g/mol. The minimum atomic E-state index is -0.198. The molecular formula is C18H27N3O2. The van der Waals surface area contributed by atoms with E-state index in [1.807, 2.05) is 38.1 Å². The van der Waals surface area contributed by atoms with E-state index in [0.717, 1.165) is 24.5 Å². The summed E-state index contributed by atoms with van der Waals surface area (Å²) in [4.78, 5) is 26.3. The summed E-state index contributed by atoms with van der Waals surface area (Å²) in [5, 5.41) is 5.77. The summed E-state index contributed by atoms with van der Waals surface area (Å²) in [6.45, 7) is 10.00. The first-order valence-corrected chi connectivity index (χ1v) is 8.42. The van der Waals surface area contributed by atoms with Crippen molar-refractivity contribution in [3.05, 3.63) is 24.3 Å². The molecule has 5 heteroatoms. The summed E-state index contributed by atoms with van der Waals surface area (Å²) in [6, 6.07) is 7.96. The van der Waals surface area contributed by atoms with E-state index >= 15 is 0 Å². The van der Waals surface area contributed by atoms with Crippen molar-refractivity contribution in [2.24, 2.45) is 11.8 Å². The zero-order valence-corrected chi connectivity index (χ0v) is 14.4. The average Bonchev–Trinajstić information content (AvgIpc) is 3.30. The van der Waals surface area contributed by atoms with Crippen LogP contribution in [-0.2, 0) is 9.59 Å². The highest BCUT2D eigenvalue weighted by Crippen LogP contribution is 2.39. The van der Waals surface area contributed by atoms with Crippen LogP contribution in [0.15, 0.2) is 24.3 Å². The van der Waals surface area contributed by atoms with Crippen LogP contribution < -0.4 is 15.5 Å². The molecular weight excluding hydrogens is 290 g/mol. The van der Waals surface area contributed by atoms with E-state index in [2.05, 4.69) is 29.4 Å². The van der Waals surface area contributed by atoms with Crippen LogP contribution >= 0.6 is 0 Å². The first kappa shape index (κ1) is 17.3. The van der Waals surface area contributed by atoms with E-state index in [0.29, 0.717) is 6.42 Å². The third-order valence-electron chi connectivity index (χ3n) is 4.16. The van der Waals surface area contributed by atoms with Crippen LogP contribution in [0.5, 0.6) is 0 Å². The number of anilines is 2. The highest BCUT2D eigenvalue weighted by Gasteiger charge is 2.48. The highest BCUT2D eigenvalue weighted by molar-refractivity contribution is 5.99. The highest BCUT2D eigenvalue weighted by atomic mass is 16.2. The van der Waals surface area contributed by atoms with Crippen molar-refractivity contribution < 1.29 is 9.59 Å². The predicted octanol–water partition coefficient (Wildman–Crippen LogP) is 2.63. The summed E-state index contributed by atoms with van der Waals surface area (Å²) in [6.07, 6.45) is 0.641. The maximum absolute atomic E-state index is 12.2. The Morgan fingerprint density at radius 2 is 1.65 bits per heavy atom. The number of nitrogens with zero attached hydrogens (tertiary/aromatic N) is 1. The molecule has 1 aliphatic rings. The van der Waals surface area contributed by atoms with E-state index in [1.165, 1.54) is 0 Å². The fourth-order valence-corrected chi connectivity index (χ4v) is 2.75. The van der Waals surface area contributed by atoms with Crippen LogP contribution in [0, 0.1) is 11.8 Å². The van der Waals surface area contributed by atoms with Gasteiger partial charge in [0.2, 0.25) is 11.8 Å². The first-order chi connectivity index (χ1) is 11.0. The Hall–Kier alpha value is -2.04. The van der Waals surface area contributed by atoms with Crippen LogP contribution in [-0.4, -0.2) is 30.9 Å². The number of rotatable bonds is 7. The Balaban J connectivity index is 1.88. The summed E-state index contributed by atoms with van der Waals surface area (Å²) < 4.78 is 0. The van der Waals surface area contributed by atoms with E-state index in [1.54, 1.807) is 0 Å². The second-order valence-corrected chi connectivity index (χ2v) is 6.32. The van der Waals surface area contributed by atoms with Gasteiger partial charge in [0, 0.05) is 30.5 Å². The van der Waals surface area contributed by atoms with Gasteiger partial charge in [0.1, 0.15) is 0 Å². The molecule has 126 valence electrons. The van der Waals surface area contributed by atoms with Gasteiger partial charge in [0.05, 0.1) is 11.8 Å². The molecule has 1 saturated carbocycles. The zero-order chi connectivity index (χ0) is 17.0. The van der Waals surface area contributed by atoms with Gasteiger partial charge in [0.25, 0.3) is 0 Å². The van der Waals surface area contributed by atoms with Gasteiger partial charge in [0.15, 0.2) is 0 Å². The number of nitrogens with one attached hydrogen (secondary N) is 2. The molecule has 0 aliphatic heterocycles. The number of hydrogen-bond donors (Lipinski definition) is 2. The van der Waals surface area contributed by atoms with E-state index in [-0.39, 0.29) is 29.7 Å². The molecule has 2 rings (SSSR count). The smallest absolute Gasteiger partial charge is 0.228 e. The number of benzene rings is 1. The maximum Gasteiger partial charge on any atom is 0.228 e. The first-order valence-electron chi connectivity index (χ1n) is 8.42. The van der Waals surface area contributed by atoms with Crippen LogP contribution in [0.3, 0.4) is 0 Å². The SMILES string of the molecule is CCN(CC)c1ccc(NC(=O)C2CC2C(=O)NC(C)C)cc1. The van der Waals surface area contributed by atoms with Crippen molar-refractivity contribution in [3.8, 4) is 0 Å². The Morgan fingerprint density at radius 3 is 2.17 bits per heavy atom. The Morgan fingerprint density at radius 1 is 1.09 bits per heavy atom. The molecule has 5 nitrogen and oxygen atoms in total. The van der Waals surface area contributed by atoms with E-state index < -0.39 is 0 Å². The Kier molecular flexibility index (Phi) is 5.64. The molecule has 0 saturated heterocycles. The van der Waals surface area contributed by atoms with Gasteiger partial charge in [-0.1, -0.05) is 0 Å². The van der Waals surface area contributed by atoms with Crippen LogP contribution in [0.4, 0.5) is 11.4 Å². The van der Waals surface area contributed by atoms with Crippen molar-refractivity contribution in [2.45, 2.75) is 40.2 Å². The molecule has 23 heavy (non-hydrogen) atoms. The second-order valence-electron chi connectivity index (χ2n) is 6.32. The van der Waals surface area contributed by atoms with Gasteiger partial charge < -0.3 is 15.5 Å². The molecule has 1 aliphatic carbocycles. The van der Waals surface area contributed by atoms with Gasteiger partial charge >= 0.3 is 0 Å². The molecule has 1 aromatic rings. The number of amides is 2. The molecule has 0 radical (unpaired) electrons. The van der Waals surface area contributed by atoms with Crippen molar-refractivity contribution in [1.82, 2.24) is 5.32 Å². The summed E-state index contributed by atoms with van der Waals surface area (Å²) in [7, 11) is 0. The normalized spacial score (nSPS) is 19.3. The molecule has 2 unspecified atom stereocenters. The fourth-order valence-electron chi connectivity index (χ4n) is 2.75. The van der Waals surface area contributed by atoms with Gasteiger partial charge in [-0.15, -0.1) is 0 Å². The quantitative estimate of drug-likeness (QED) is 0.812. The molecule has 0 spiro atoms. The van der Waals surface area contributed by atoms with Crippen LogP contribution in [0.25, 0.3) is 0 Å². The fraction of sp³-hybridized carbons (Fsp3) is 0.556. The lowest BCUT2D eigenvalue weighted by atomic mass is 10.2. The van der Waals surface area contributed by atoms with Crippen molar-refractivity contribution in [1.29, 1.82) is 0 Å². The predicted molar refractivity (Wildman–Crippen MR) is 93.5 cm³/mol. The molecule has 0 aromatic heterocycles. The largest absolute Gasteiger partial charge is 0.372 e. The maximum atomic E-state index is 12.2. The molecule has 2 amide bonds. The lowest BCUT2D eigenvalue weighted by Gasteiger charge is -2.21. The summed E-state index contributed by atoms with van der Waals surface area (Å²) in [5.41, 5.74) is 1.93. The van der Waals surface area contributed by atoms with Gasteiger partial charge in [-0.3, -0.25) is 9.59 Å². The number of carbonyl (C=O) groups is 2. The van der Waals surface area contributed by atoms with Gasteiger partial charge in [-0.2, -0.15) is 0 Å². The molecule has 0 heterocycles. The second kappa shape index (κ2) is 7.49. The topological polar surface area (TPSA) is 61.4 Å². The summed E-state index contributed by atoms with van der Waals surface area (Å²) >= 11 is 0. The number of hydrogen-bond acceptors (Lipinski definition) is 3. The minimum Gasteiger partial charge on any atom is -0.372 e. The molecule has 2 N–H and O–H groups in total.